The van der Waals surface area contributed by atoms with E-state index in [4.69, 9.17) is 0 Å². The molecule has 0 radical (unpaired) electrons. The molecule has 0 saturated carbocycles. The Morgan fingerprint density at radius 1 is 1.62 bits per heavy atom. The Labute approximate surface area is 54.4 Å². The van der Waals surface area contributed by atoms with Gasteiger partial charge in [0.25, 0.3) is 0 Å². The summed E-state index contributed by atoms with van der Waals surface area (Å²) in [6.07, 6.45) is 0. The van der Waals surface area contributed by atoms with Crippen molar-refractivity contribution < 1.29 is 22.3 Å². The highest BCUT2D eigenvalue weighted by Gasteiger charge is 1.76. The van der Waals surface area contributed by atoms with Gasteiger partial charge in [0.15, 0.2) is 0 Å². The van der Waals surface area contributed by atoms with E-state index in [1.807, 2.05) is 0 Å². The van der Waals surface area contributed by atoms with E-state index in [-0.39, 0.29) is 24.1 Å². The predicted octanol–water partition coefficient (Wildman–Crippen LogP) is -3.31. The van der Waals surface area contributed by atoms with Gasteiger partial charge in [0.1, 0.15) is 0 Å². The molecule has 0 bridgehead atoms. The molecule has 0 aromatic rings. The molecule has 3 nitrogen and oxygen atoms in total. The van der Waals surface area contributed by atoms with E-state index in [1.54, 1.807) is 0 Å². The molecule has 0 aromatic carbocycles. The Kier molecular flexibility index (Phi) is 12.6. The van der Waals surface area contributed by atoms with Crippen LogP contribution in [0.2, 0.25) is 0 Å². The first-order valence-electron chi connectivity index (χ1n) is 1.51. The molecule has 0 unspecified atom stereocenters. The molecule has 0 amide bonds. The largest absolute Gasteiger partial charge is 1.00 e. The lowest BCUT2D eigenvalue weighted by Gasteiger charge is -1.93. The second-order valence-corrected chi connectivity index (χ2v) is 1.07. The summed E-state index contributed by atoms with van der Waals surface area (Å²) >= 11 is 0. The molecule has 0 aromatic heterocycles. The molecule has 4 heteroatoms. The van der Waals surface area contributed by atoms with Gasteiger partial charge in [0.05, 0.1) is 5.97 Å². The number of rotatable bonds is 1. The third kappa shape index (κ3) is 9.07. The van der Waals surface area contributed by atoms with Crippen LogP contribution < -0.4 is 23.7 Å². The highest BCUT2D eigenvalue weighted by Crippen LogP contribution is 1.77. The minimum atomic E-state index is -1.19. The summed E-state index contributed by atoms with van der Waals surface area (Å²) in [4.78, 5) is 9.49. The van der Waals surface area contributed by atoms with Gasteiger partial charge in [-0.3, -0.25) is 0 Å². The van der Waals surface area contributed by atoms with Crippen molar-refractivity contribution in [1.82, 2.24) is 6.15 Å². The van der Waals surface area contributed by atoms with Crippen molar-refractivity contribution in [1.29, 1.82) is 0 Å². The van der Waals surface area contributed by atoms with Crippen LogP contribution in [0, 0.1) is 0 Å². The van der Waals surface area contributed by atoms with E-state index < -0.39 is 5.97 Å². The first kappa shape index (κ1) is 15.7. The van der Waals surface area contributed by atoms with Crippen LogP contribution in [0.15, 0.2) is 12.2 Å². The number of hydrogen-bond acceptors (Lipinski definition) is 2. The van der Waals surface area contributed by atoms with Gasteiger partial charge in [-0.1, -0.05) is 6.58 Å². The minimum absolute atomic E-state index is 0. The lowest BCUT2D eigenvalue weighted by atomic mass is 10.4. The van der Waals surface area contributed by atoms with E-state index >= 15 is 0 Å². The maximum atomic E-state index is 9.49. The summed E-state index contributed by atoms with van der Waals surface area (Å²) in [5.41, 5.74) is 0.0648. The molecule has 0 aliphatic rings. The molecule has 0 rings (SSSR count). The summed E-state index contributed by atoms with van der Waals surface area (Å²) < 4.78 is 0. The van der Waals surface area contributed by atoms with E-state index in [2.05, 4.69) is 6.58 Å². The van der Waals surface area contributed by atoms with Crippen LogP contribution in [0.25, 0.3) is 0 Å². The molecule has 0 atom stereocenters. The van der Waals surface area contributed by atoms with Gasteiger partial charge in [-0.2, -0.15) is 0 Å². The second-order valence-electron chi connectivity index (χ2n) is 1.07. The molecule has 0 saturated heterocycles. The van der Waals surface area contributed by atoms with Crippen LogP contribution in [0.4, 0.5) is 0 Å². The molecular formula is C4H9ClNO2-. The fourth-order valence-corrected chi connectivity index (χ4v) is 0. The van der Waals surface area contributed by atoms with Gasteiger partial charge in [-0.05, 0) is 12.5 Å². The van der Waals surface area contributed by atoms with Gasteiger partial charge in [0, 0.05) is 0 Å². The Hall–Kier alpha value is -0.540. The number of carboxylic acids is 1. The van der Waals surface area contributed by atoms with Gasteiger partial charge < -0.3 is 28.5 Å². The summed E-state index contributed by atoms with van der Waals surface area (Å²) in [5.74, 6) is -1.19. The quantitative estimate of drug-likeness (QED) is 0.385. The maximum Gasteiger partial charge on any atom is 0.0666 e. The van der Waals surface area contributed by atoms with Gasteiger partial charge in [-0.15, -0.1) is 0 Å². The predicted molar refractivity (Wildman–Crippen MR) is 25.8 cm³/mol. The molecule has 0 aliphatic heterocycles. The van der Waals surface area contributed by atoms with Crippen molar-refractivity contribution in [2.45, 2.75) is 6.92 Å². The highest BCUT2D eigenvalue weighted by atomic mass is 35.5. The smallest absolute Gasteiger partial charge is 0.0666 e. The fourth-order valence-electron chi connectivity index (χ4n) is 0. The maximum absolute atomic E-state index is 9.49. The second kappa shape index (κ2) is 6.46. The van der Waals surface area contributed by atoms with E-state index in [0.717, 1.165) is 0 Å². The van der Waals surface area contributed by atoms with Gasteiger partial charge in [0.2, 0.25) is 0 Å². The average molecular weight is 139 g/mol. The average Bonchev–Trinajstić information content (AvgIpc) is 1.36. The Balaban J connectivity index is -0.000000125. The van der Waals surface area contributed by atoms with E-state index in [0.29, 0.717) is 0 Å². The number of aliphatic carboxylic acids is 1. The fraction of sp³-hybridized carbons (Fsp3) is 0.250. The lowest BCUT2D eigenvalue weighted by molar-refractivity contribution is -0.299. The number of quaternary nitrogens is 1. The zero-order chi connectivity index (χ0) is 5.15. The van der Waals surface area contributed by atoms with Crippen molar-refractivity contribution in [3.63, 3.8) is 0 Å². The summed E-state index contributed by atoms with van der Waals surface area (Å²) in [7, 11) is 0. The molecular weight excluding hydrogens is 130 g/mol. The van der Waals surface area contributed by atoms with Crippen LogP contribution in [0.1, 0.15) is 6.92 Å². The number of carbonyl (C=O) groups is 1. The lowest BCUT2D eigenvalue weighted by Crippen LogP contribution is -3.00. The SMILES string of the molecule is C=C(C)C(=O)[O-].[Cl-].[NH4+]. The highest BCUT2D eigenvalue weighted by molar-refractivity contribution is 5.82. The Bertz CT molecular complexity index is 80.0. The van der Waals surface area contributed by atoms with Gasteiger partial charge in [-0.25, -0.2) is 0 Å². The topological polar surface area (TPSA) is 76.6 Å². The third-order valence-corrected chi connectivity index (χ3v) is 0.348. The molecule has 4 N–H and O–H groups in total. The Morgan fingerprint density at radius 2 is 1.75 bits per heavy atom. The number of carboxylic acid groups (broad SMARTS) is 1. The van der Waals surface area contributed by atoms with Crippen LogP contribution in [0.3, 0.4) is 0 Å². The van der Waals surface area contributed by atoms with E-state index in [1.165, 1.54) is 6.92 Å². The molecule has 8 heavy (non-hydrogen) atoms. The van der Waals surface area contributed by atoms with Crippen LogP contribution in [-0.2, 0) is 4.79 Å². The Morgan fingerprint density at radius 3 is 1.75 bits per heavy atom. The van der Waals surface area contributed by atoms with Gasteiger partial charge >= 0.3 is 0 Å². The molecule has 50 valence electrons. The first-order valence-corrected chi connectivity index (χ1v) is 1.51. The molecule has 0 heterocycles. The standard InChI is InChI=1S/C4H6O2.ClH.H3N/c1-3(2)4(5)6;;/h1H2,2H3,(H,5,6);1H;1H3/p-1. The van der Waals surface area contributed by atoms with Crippen molar-refractivity contribution in [2.75, 3.05) is 0 Å². The van der Waals surface area contributed by atoms with Crippen molar-refractivity contribution in [3.8, 4) is 0 Å². The number of hydrogen-bond donors (Lipinski definition) is 1. The molecule has 0 spiro atoms. The van der Waals surface area contributed by atoms with Crippen LogP contribution in [-0.4, -0.2) is 5.97 Å². The zero-order valence-electron chi connectivity index (χ0n) is 4.90. The minimum Gasteiger partial charge on any atom is -1.00 e. The number of halogens is 1. The zero-order valence-corrected chi connectivity index (χ0v) is 5.66. The molecule has 0 fully saturated rings. The summed E-state index contributed by atoms with van der Waals surface area (Å²) in [6.45, 7) is 4.48. The van der Waals surface area contributed by atoms with Crippen molar-refractivity contribution >= 4 is 5.97 Å². The van der Waals surface area contributed by atoms with E-state index in [9.17, 15) is 9.90 Å². The summed E-state index contributed by atoms with van der Waals surface area (Å²) in [6, 6.07) is 0. The monoisotopic (exact) mass is 138 g/mol. The van der Waals surface area contributed by atoms with Crippen molar-refractivity contribution in [2.24, 2.45) is 0 Å². The first-order chi connectivity index (χ1) is 2.64. The van der Waals surface area contributed by atoms with Crippen LogP contribution in [0.5, 0.6) is 0 Å². The number of carbonyl (C=O) groups excluding carboxylic acids is 1. The summed E-state index contributed by atoms with van der Waals surface area (Å²) in [5, 5.41) is 9.49. The van der Waals surface area contributed by atoms with Crippen molar-refractivity contribution in [3.05, 3.63) is 12.2 Å². The molecule has 0 aliphatic carbocycles. The van der Waals surface area contributed by atoms with Crippen LogP contribution >= 0.6 is 0 Å². The normalized spacial score (nSPS) is 5.62. The third-order valence-electron chi connectivity index (χ3n) is 0.348.